The van der Waals surface area contributed by atoms with Gasteiger partial charge in [-0.2, -0.15) is 0 Å². The largest absolute Gasteiger partial charge is 0.480 e. The average Bonchev–Trinajstić information content (AvgIpc) is 3.05. The van der Waals surface area contributed by atoms with E-state index >= 15 is 0 Å². The fourth-order valence-corrected chi connectivity index (χ4v) is 2.93. The first kappa shape index (κ1) is 18.5. The highest BCUT2D eigenvalue weighted by Gasteiger charge is 2.24. The Labute approximate surface area is 156 Å². The van der Waals surface area contributed by atoms with Crippen molar-refractivity contribution in [2.24, 2.45) is 0 Å². The molecule has 0 aliphatic heterocycles. The number of amides is 1. The van der Waals surface area contributed by atoms with E-state index in [1.807, 2.05) is 37.3 Å². The van der Waals surface area contributed by atoms with Crippen molar-refractivity contribution in [3.05, 3.63) is 47.9 Å². The minimum atomic E-state index is -1.05. The fraction of sp³-hybridized carbons (Fsp3) is 0.316. The molecule has 2 N–H and O–H groups in total. The second-order valence-corrected chi connectivity index (χ2v) is 6.29. The molecule has 0 spiro atoms. The SMILES string of the molecule is CCCC[C@H](NC(=O)c1nnn(-c2cccc3ncccc23)c1C)C(=O)O. The summed E-state index contributed by atoms with van der Waals surface area (Å²) in [5.41, 5.74) is 2.20. The van der Waals surface area contributed by atoms with Gasteiger partial charge < -0.3 is 10.4 Å². The third-order valence-corrected chi connectivity index (χ3v) is 4.41. The van der Waals surface area contributed by atoms with Gasteiger partial charge in [-0.1, -0.05) is 31.0 Å². The van der Waals surface area contributed by atoms with E-state index < -0.39 is 17.9 Å². The molecule has 0 unspecified atom stereocenters. The molecule has 3 rings (SSSR count). The van der Waals surface area contributed by atoms with Gasteiger partial charge in [-0.05, 0) is 37.6 Å². The second-order valence-electron chi connectivity index (χ2n) is 6.29. The zero-order valence-electron chi connectivity index (χ0n) is 15.2. The molecule has 0 saturated carbocycles. The Morgan fingerprint density at radius 2 is 2.07 bits per heavy atom. The molecule has 2 heterocycles. The summed E-state index contributed by atoms with van der Waals surface area (Å²) in [5, 5.41) is 20.8. The van der Waals surface area contributed by atoms with Crippen molar-refractivity contribution in [1.29, 1.82) is 0 Å². The molecular formula is C19H21N5O3. The van der Waals surface area contributed by atoms with Gasteiger partial charge >= 0.3 is 5.97 Å². The van der Waals surface area contributed by atoms with Crippen LogP contribution in [0, 0.1) is 6.92 Å². The number of aliphatic carboxylic acids is 1. The molecule has 0 radical (unpaired) electrons. The molecule has 8 heteroatoms. The van der Waals surface area contributed by atoms with Crippen LogP contribution in [0.2, 0.25) is 0 Å². The maximum absolute atomic E-state index is 12.5. The lowest BCUT2D eigenvalue weighted by Crippen LogP contribution is -2.41. The highest BCUT2D eigenvalue weighted by molar-refractivity contribution is 5.96. The Morgan fingerprint density at radius 3 is 2.81 bits per heavy atom. The number of unbranched alkanes of at least 4 members (excludes halogenated alkanes) is 1. The van der Waals surface area contributed by atoms with Gasteiger partial charge in [-0.3, -0.25) is 9.78 Å². The average molecular weight is 367 g/mol. The van der Waals surface area contributed by atoms with Gasteiger partial charge in [0.25, 0.3) is 5.91 Å². The lowest BCUT2D eigenvalue weighted by Gasteiger charge is -2.13. The first-order chi connectivity index (χ1) is 13.0. The van der Waals surface area contributed by atoms with E-state index in [-0.39, 0.29) is 5.69 Å². The molecule has 0 fully saturated rings. The molecular weight excluding hydrogens is 346 g/mol. The molecule has 2 aromatic heterocycles. The second kappa shape index (κ2) is 7.94. The van der Waals surface area contributed by atoms with Crippen molar-refractivity contribution < 1.29 is 14.7 Å². The number of pyridine rings is 1. The van der Waals surface area contributed by atoms with Crippen molar-refractivity contribution in [3.8, 4) is 5.69 Å². The maximum Gasteiger partial charge on any atom is 0.326 e. The Hall–Kier alpha value is -3.29. The van der Waals surface area contributed by atoms with E-state index in [1.165, 1.54) is 0 Å². The van der Waals surface area contributed by atoms with Gasteiger partial charge in [0, 0.05) is 11.6 Å². The number of hydrogen-bond donors (Lipinski definition) is 2. The molecule has 8 nitrogen and oxygen atoms in total. The van der Waals surface area contributed by atoms with E-state index in [2.05, 4.69) is 20.6 Å². The lowest BCUT2D eigenvalue weighted by molar-refractivity contribution is -0.139. The number of hydrogen-bond acceptors (Lipinski definition) is 5. The lowest BCUT2D eigenvalue weighted by atomic mass is 10.1. The van der Waals surface area contributed by atoms with Gasteiger partial charge in [0.15, 0.2) is 5.69 Å². The van der Waals surface area contributed by atoms with Crippen molar-refractivity contribution >= 4 is 22.8 Å². The van der Waals surface area contributed by atoms with Gasteiger partial charge in [-0.15, -0.1) is 5.10 Å². The number of carboxylic acids is 1. The minimum absolute atomic E-state index is 0.110. The summed E-state index contributed by atoms with van der Waals surface area (Å²) in [6.07, 6.45) is 3.65. The number of carbonyl (C=O) groups excluding carboxylic acids is 1. The fourth-order valence-electron chi connectivity index (χ4n) is 2.93. The number of nitrogens with zero attached hydrogens (tertiary/aromatic N) is 4. The Morgan fingerprint density at radius 1 is 1.26 bits per heavy atom. The monoisotopic (exact) mass is 367 g/mol. The molecule has 1 aromatic carbocycles. The van der Waals surface area contributed by atoms with Crippen LogP contribution >= 0.6 is 0 Å². The van der Waals surface area contributed by atoms with Crippen molar-refractivity contribution in [1.82, 2.24) is 25.3 Å². The number of fused-ring (bicyclic) bond motifs is 1. The topological polar surface area (TPSA) is 110 Å². The maximum atomic E-state index is 12.5. The summed E-state index contributed by atoms with van der Waals surface area (Å²) in [4.78, 5) is 28.2. The molecule has 0 aliphatic rings. The van der Waals surface area contributed by atoms with E-state index in [0.29, 0.717) is 18.5 Å². The van der Waals surface area contributed by atoms with Crippen LogP contribution in [0.3, 0.4) is 0 Å². The number of carbonyl (C=O) groups is 2. The van der Waals surface area contributed by atoms with Crippen LogP contribution in [0.5, 0.6) is 0 Å². The van der Waals surface area contributed by atoms with Crippen LogP contribution in [0.25, 0.3) is 16.6 Å². The molecule has 0 aliphatic carbocycles. The normalized spacial score (nSPS) is 12.1. The summed E-state index contributed by atoms with van der Waals surface area (Å²) in [6.45, 7) is 3.70. The smallest absolute Gasteiger partial charge is 0.326 e. The number of carboxylic acid groups (broad SMARTS) is 1. The predicted molar refractivity (Wildman–Crippen MR) is 99.8 cm³/mol. The van der Waals surface area contributed by atoms with Crippen LogP contribution in [-0.2, 0) is 4.79 Å². The van der Waals surface area contributed by atoms with Gasteiger partial charge in [0.2, 0.25) is 0 Å². The number of aromatic nitrogens is 4. The molecule has 1 amide bonds. The first-order valence-corrected chi connectivity index (χ1v) is 8.83. The summed E-state index contributed by atoms with van der Waals surface area (Å²) in [5.74, 6) is -1.59. The van der Waals surface area contributed by atoms with E-state index in [9.17, 15) is 14.7 Å². The molecule has 0 bridgehead atoms. The molecule has 3 aromatic rings. The molecule has 1 atom stereocenters. The number of nitrogens with one attached hydrogen (secondary N) is 1. The Bertz CT molecular complexity index is 977. The molecule has 27 heavy (non-hydrogen) atoms. The van der Waals surface area contributed by atoms with Crippen LogP contribution in [0.15, 0.2) is 36.5 Å². The third kappa shape index (κ3) is 3.79. The van der Waals surface area contributed by atoms with E-state index in [1.54, 1.807) is 17.8 Å². The predicted octanol–water partition coefficient (Wildman–Crippen LogP) is 2.50. The zero-order valence-corrected chi connectivity index (χ0v) is 15.2. The van der Waals surface area contributed by atoms with Crippen LogP contribution in [0.4, 0.5) is 0 Å². The van der Waals surface area contributed by atoms with E-state index in [0.717, 1.165) is 23.0 Å². The number of benzene rings is 1. The Balaban J connectivity index is 1.90. The van der Waals surface area contributed by atoms with Crippen LogP contribution < -0.4 is 5.32 Å². The van der Waals surface area contributed by atoms with Crippen molar-refractivity contribution in [3.63, 3.8) is 0 Å². The Kier molecular flexibility index (Phi) is 5.44. The number of rotatable bonds is 7. The van der Waals surface area contributed by atoms with Crippen molar-refractivity contribution in [2.45, 2.75) is 39.2 Å². The summed E-state index contributed by atoms with van der Waals surface area (Å²) < 4.78 is 1.57. The van der Waals surface area contributed by atoms with Crippen LogP contribution in [-0.4, -0.2) is 43.0 Å². The molecule has 140 valence electrons. The molecule has 0 saturated heterocycles. The third-order valence-electron chi connectivity index (χ3n) is 4.41. The highest BCUT2D eigenvalue weighted by atomic mass is 16.4. The van der Waals surface area contributed by atoms with Gasteiger partial charge in [-0.25, -0.2) is 9.48 Å². The minimum Gasteiger partial charge on any atom is -0.480 e. The first-order valence-electron chi connectivity index (χ1n) is 8.83. The summed E-state index contributed by atoms with van der Waals surface area (Å²) >= 11 is 0. The zero-order chi connectivity index (χ0) is 19.4. The van der Waals surface area contributed by atoms with Gasteiger partial charge in [0.1, 0.15) is 6.04 Å². The van der Waals surface area contributed by atoms with Crippen molar-refractivity contribution in [2.75, 3.05) is 0 Å². The summed E-state index contributed by atoms with van der Waals surface area (Å²) in [6, 6.07) is 8.43. The van der Waals surface area contributed by atoms with Crippen LogP contribution in [0.1, 0.15) is 42.4 Å². The van der Waals surface area contributed by atoms with Gasteiger partial charge in [0.05, 0.1) is 16.9 Å². The summed E-state index contributed by atoms with van der Waals surface area (Å²) in [7, 11) is 0. The van der Waals surface area contributed by atoms with E-state index in [4.69, 9.17) is 0 Å². The highest BCUT2D eigenvalue weighted by Crippen LogP contribution is 2.21. The standard InChI is InChI=1S/C19H21N5O3/c1-3-4-8-15(19(26)27)21-18(25)17-12(2)24(23-22-17)16-10-5-9-14-13(16)7-6-11-20-14/h5-7,9-11,15H,3-4,8H2,1-2H3,(H,21,25)(H,26,27)/t15-/m0/s1. The quantitative estimate of drug-likeness (QED) is 0.664.